The molecule has 5 heteroatoms. The average molecular weight is 311 g/mol. The second kappa shape index (κ2) is 5.93. The first-order valence-corrected chi connectivity index (χ1v) is 6.21. The van der Waals surface area contributed by atoms with Gasteiger partial charge < -0.3 is 10.1 Å². The third-order valence-electron chi connectivity index (χ3n) is 2.29. The Kier molecular flexibility index (Phi) is 4.28. The third-order valence-corrected chi connectivity index (χ3v) is 2.90. The second-order valence-electron chi connectivity index (χ2n) is 3.71. The van der Waals surface area contributed by atoms with Gasteiger partial charge >= 0.3 is 0 Å². The molecule has 1 aromatic heterocycles. The summed E-state index contributed by atoms with van der Waals surface area (Å²) in [6, 6.07) is 8.18. The van der Waals surface area contributed by atoms with Crippen molar-refractivity contribution in [2.75, 3.05) is 7.05 Å². The summed E-state index contributed by atoms with van der Waals surface area (Å²) in [5.74, 6) is 0.699. The van der Waals surface area contributed by atoms with Crippen molar-refractivity contribution in [2.24, 2.45) is 0 Å². The summed E-state index contributed by atoms with van der Waals surface area (Å²) >= 11 is 3.11. The number of benzene rings is 1. The molecule has 0 amide bonds. The standard InChI is InChI=1S/C13H12BrFN2O/c1-16-7-9-2-5-13(17-8-9)18-10-3-4-12(15)11(14)6-10/h2-6,8,16H,7H2,1H3. The molecule has 0 aliphatic heterocycles. The third kappa shape index (κ3) is 3.27. The van der Waals surface area contributed by atoms with Crippen LogP contribution in [0.25, 0.3) is 0 Å². The average Bonchev–Trinajstić information content (AvgIpc) is 2.37. The number of hydrogen-bond donors (Lipinski definition) is 1. The van der Waals surface area contributed by atoms with Crippen LogP contribution >= 0.6 is 15.9 Å². The van der Waals surface area contributed by atoms with E-state index in [1.54, 1.807) is 24.4 Å². The molecule has 94 valence electrons. The number of halogens is 2. The van der Waals surface area contributed by atoms with Crippen LogP contribution in [-0.4, -0.2) is 12.0 Å². The van der Waals surface area contributed by atoms with E-state index in [4.69, 9.17) is 4.74 Å². The molecule has 0 saturated carbocycles. The molecule has 0 spiro atoms. The van der Waals surface area contributed by atoms with Crippen molar-refractivity contribution < 1.29 is 9.13 Å². The Morgan fingerprint density at radius 2 is 2.17 bits per heavy atom. The summed E-state index contributed by atoms with van der Waals surface area (Å²) in [7, 11) is 1.88. The maximum Gasteiger partial charge on any atom is 0.219 e. The number of rotatable bonds is 4. The Bertz CT molecular complexity index is 531. The normalized spacial score (nSPS) is 10.4. The number of nitrogens with zero attached hydrogens (tertiary/aromatic N) is 1. The molecule has 0 saturated heterocycles. The SMILES string of the molecule is CNCc1ccc(Oc2ccc(F)c(Br)c2)nc1. The largest absolute Gasteiger partial charge is 0.439 e. The van der Waals surface area contributed by atoms with Gasteiger partial charge in [0.05, 0.1) is 4.47 Å². The second-order valence-corrected chi connectivity index (χ2v) is 4.57. The number of nitrogens with one attached hydrogen (secondary N) is 1. The highest BCUT2D eigenvalue weighted by Crippen LogP contribution is 2.25. The van der Waals surface area contributed by atoms with Crippen LogP contribution < -0.4 is 10.1 Å². The molecule has 2 rings (SSSR count). The summed E-state index contributed by atoms with van der Waals surface area (Å²) < 4.78 is 18.9. The zero-order valence-corrected chi connectivity index (χ0v) is 11.4. The van der Waals surface area contributed by atoms with E-state index in [0.29, 0.717) is 16.1 Å². The van der Waals surface area contributed by atoms with Gasteiger partial charge in [-0.15, -0.1) is 0 Å². The molecule has 1 N–H and O–H groups in total. The summed E-state index contributed by atoms with van der Waals surface area (Å²) in [5.41, 5.74) is 1.07. The van der Waals surface area contributed by atoms with E-state index < -0.39 is 0 Å². The van der Waals surface area contributed by atoms with Gasteiger partial charge in [0.2, 0.25) is 5.88 Å². The van der Waals surface area contributed by atoms with Crippen molar-refractivity contribution in [1.82, 2.24) is 10.3 Å². The van der Waals surface area contributed by atoms with Crippen molar-refractivity contribution in [3.8, 4) is 11.6 Å². The molecular formula is C13H12BrFN2O. The van der Waals surface area contributed by atoms with E-state index in [-0.39, 0.29) is 5.82 Å². The van der Waals surface area contributed by atoms with E-state index in [1.807, 2.05) is 13.1 Å². The first-order valence-electron chi connectivity index (χ1n) is 5.41. The highest BCUT2D eigenvalue weighted by Gasteiger charge is 2.03. The Labute approximate surface area is 113 Å². The van der Waals surface area contributed by atoms with Crippen molar-refractivity contribution in [3.05, 3.63) is 52.4 Å². The van der Waals surface area contributed by atoms with Gasteiger partial charge in [-0.05, 0) is 46.7 Å². The summed E-state index contributed by atoms with van der Waals surface area (Å²) in [4.78, 5) is 4.17. The topological polar surface area (TPSA) is 34.1 Å². The fraction of sp³-hybridized carbons (Fsp3) is 0.154. The zero-order chi connectivity index (χ0) is 13.0. The maximum absolute atomic E-state index is 13.1. The van der Waals surface area contributed by atoms with Crippen LogP contribution in [-0.2, 0) is 6.54 Å². The Morgan fingerprint density at radius 1 is 1.33 bits per heavy atom. The minimum absolute atomic E-state index is 0.320. The Hall–Kier alpha value is -1.46. The lowest BCUT2D eigenvalue weighted by Gasteiger charge is -2.06. The molecule has 0 fully saturated rings. The van der Waals surface area contributed by atoms with Gasteiger partial charge in [-0.1, -0.05) is 6.07 Å². The minimum atomic E-state index is -0.320. The quantitative estimate of drug-likeness (QED) is 0.938. The van der Waals surface area contributed by atoms with Gasteiger partial charge in [-0.3, -0.25) is 0 Å². The molecule has 1 heterocycles. The van der Waals surface area contributed by atoms with Crippen LogP contribution in [0.1, 0.15) is 5.56 Å². The van der Waals surface area contributed by atoms with Crippen molar-refractivity contribution in [3.63, 3.8) is 0 Å². The van der Waals surface area contributed by atoms with E-state index in [1.165, 1.54) is 6.07 Å². The predicted molar refractivity (Wildman–Crippen MR) is 71.2 cm³/mol. The lowest BCUT2D eigenvalue weighted by molar-refractivity contribution is 0.460. The minimum Gasteiger partial charge on any atom is -0.439 e. The first-order chi connectivity index (χ1) is 8.69. The van der Waals surface area contributed by atoms with Crippen LogP contribution in [0.5, 0.6) is 11.6 Å². The van der Waals surface area contributed by atoms with Gasteiger partial charge in [0.15, 0.2) is 0 Å². The van der Waals surface area contributed by atoms with E-state index in [9.17, 15) is 4.39 Å². The van der Waals surface area contributed by atoms with E-state index in [2.05, 4.69) is 26.2 Å². The summed E-state index contributed by atoms with van der Waals surface area (Å²) in [6.45, 7) is 0.759. The molecule has 2 aromatic rings. The lowest BCUT2D eigenvalue weighted by atomic mass is 10.3. The van der Waals surface area contributed by atoms with Crippen LogP contribution in [0.3, 0.4) is 0 Å². The van der Waals surface area contributed by atoms with Crippen molar-refractivity contribution >= 4 is 15.9 Å². The lowest BCUT2D eigenvalue weighted by Crippen LogP contribution is -2.05. The Balaban J connectivity index is 2.10. The predicted octanol–water partition coefficient (Wildman–Crippen LogP) is 3.49. The monoisotopic (exact) mass is 310 g/mol. The molecule has 0 bridgehead atoms. The van der Waals surface area contributed by atoms with Gasteiger partial charge in [0.25, 0.3) is 0 Å². The number of hydrogen-bond acceptors (Lipinski definition) is 3. The van der Waals surface area contributed by atoms with E-state index >= 15 is 0 Å². The van der Waals surface area contributed by atoms with Crippen LogP contribution in [0.4, 0.5) is 4.39 Å². The molecule has 18 heavy (non-hydrogen) atoms. The molecule has 3 nitrogen and oxygen atoms in total. The van der Waals surface area contributed by atoms with Crippen LogP contribution in [0.2, 0.25) is 0 Å². The molecular weight excluding hydrogens is 299 g/mol. The van der Waals surface area contributed by atoms with Gasteiger partial charge in [-0.2, -0.15) is 0 Å². The highest BCUT2D eigenvalue weighted by molar-refractivity contribution is 9.10. The van der Waals surface area contributed by atoms with Gasteiger partial charge in [0, 0.05) is 18.8 Å². The smallest absolute Gasteiger partial charge is 0.219 e. The van der Waals surface area contributed by atoms with Gasteiger partial charge in [0.1, 0.15) is 11.6 Å². The fourth-order valence-corrected chi connectivity index (χ4v) is 1.80. The maximum atomic E-state index is 13.1. The van der Waals surface area contributed by atoms with Gasteiger partial charge in [-0.25, -0.2) is 9.37 Å². The van der Waals surface area contributed by atoms with Crippen molar-refractivity contribution in [2.45, 2.75) is 6.54 Å². The zero-order valence-electron chi connectivity index (χ0n) is 9.78. The molecule has 0 aliphatic rings. The number of pyridine rings is 1. The van der Waals surface area contributed by atoms with Crippen LogP contribution in [0, 0.1) is 5.82 Å². The molecule has 1 aromatic carbocycles. The van der Waals surface area contributed by atoms with Crippen LogP contribution in [0.15, 0.2) is 41.0 Å². The number of aromatic nitrogens is 1. The summed E-state index contributed by atoms with van der Waals surface area (Å²) in [6.07, 6.45) is 1.74. The van der Waals surface area contributed by atoms with Crippen molar-refractivity contribution in [1.29, 1.82) is 0 Å². The molecule has 0 aliphatic carbocycles. The Morgan fingerprint density at radius 3 is 2.78 bits per heavy atom. The fourth-order valence-electron chi connectivity index (χ4n) is 1.44. The first kappa shape index (κ1) is 13.0. The highest BCUT2D eigenvalue weighted by atomic mass is 79.9. The number of ether oxygens (including phenoxy) is 1. The summed E-state index contributed by atoms with van der Waals surface area (Å²) in [5, 5.41) is 3.04. The van der Waals surface area contributed by atoms with E-state index in [0.717, 1.165) is 12.1 Å². The molecule has 0 unspecified atom stereocenters. The molecule has 0 radical (unpaired) electrons. The molecule has 0 atom stereocenters.